The van der Waals surface area contributed by atoms with Crippen LogP contribution < -0.4 is 0 Å². The van der Waals surface area contributed by atoms with Crippen LogP contribution in [0.5, 0.6) is 0 Å². The highest BCUT2D eigenvalue weighted by atomic mass is 32.2. The Bertz CT molecular complexity index is 1150. The molecule has 0 saturated carbocycles. The molecular weight excluding hydrogens is 369 g/mol. The fourth-order valence-corrected chi connectivity index (χ4v) is 3.42. The molecule has 0 saturated heterocycles. The molecule has 0 radical (unpaired) electrons. The summed E-state index contributed by atoms with van der Waals surface area (Å²) < 4.78 is 15.3. The second-order valence-corrected chi connectivity index (χ2v) is 6.60. The fourth-order valence-electron chi connectivity index (χ4n) is 2.55. The number of aromatic nitrogens is 4. The van der Waals surface area contributed by atoms with Crippen molar-refractivity contribution in [2.24, 2.45) is 0 Å². The van der Waals surface area contributed by atoms with E-state index >= 15 is 0 Å². The van der Waals surface area contributed by atoms with Crippen molar-refractivity contribution >= 4 is 23.1 Å². The number of hydrogen-bond donors (Lipinski definition) is 0. The van der Waals surface area contributed by atoms with Gasteiger partial charge in [-0.2, -0.15) is 9.61 Å². The highest BCUT2D eigenvalue weighted by Gasteiger charge is 2.12. The number of halogens is 1. The summed E-state index contributed by atoms with van der Waals surface area (Å²) in [6.07, 6.45) is 0. The minimum atomic E-state index is -0.448. The highest BCUT2D eigenvalue weighted by molar-refractivity contribution is 7.98. The van der Waals surface area contributed by atoms with Crippen LogP contribution in [0.2, 0.25) is 0 Å². The summed E-state index contributed by atoms with van der Waals surface area (Å²) in [6.45, 7) is 0. The maximum Gasteiger partial charge on any atom is 0.270 e. The Morgan fingerprint density at radius 2 is 1.93 bits per heavy atom. The van der Waals surface area contributed by atoms with Gasteiger partial charge < -0.3 is 0 Å². The molecule has 0 atom stereocenters. The molecule has 0 aliphatic carbocycles. The van der Waals surface area contributed by atoms with Crippen molar-refractivity contribution in [1.82, 2.24) is 19.8 Å². The molecule has 0 aliphatic heterocycles. The number of thioether (sulfide) groups is 1. The van der Waals surface area contributed by atoms with E-state index in [-0.39, 0.29) is 11.5 Å². The van der Waals surface area contributed by atoms with Gasteiger partial charge in [-0.25, -0.2) is 4.39 Å². The van der Waals surface area contributed by atoms with E-state index in [4.69, 9.17) is 0 Å². The van der Waals surface area contributed by atoms with Gasteiger partial charge in [0, 0.05) is 23.4 Å². The summed E-state index contributed by atoms with van der Waals surface area (Å²) in [6, 6.07) is 16.3. The average Bonchev–Trinajstić information content (AvgIpc) is 3.10. The summed E-state index contributed by atoms with van der Waals surface area (Å²) in [7, 11) is 0. The molecule has 2 aromatic carbocycles. The van der Waals surface area contributed by atoms with Gasteiger partial charge in [0.25, 0.3) is 5.69 Å². The molecule has 0 bridgehead atoms. The van der Waals surface area contributed by atoms with E-state index in [2.05, 4.69) is 15.3 Å². The molecule has 2 aromatic heterocycles. The minimum absolute atomic E-state index is 0.00713. The molecule has 0 fully saturated rings. The fraction of sp³-hybridized carbons (Fsp3) is 0.0556. The number of nitro groups is 1. The Hall–Kier alpha value is -3.33. The van der Waals surface area contributed by atoms with Crippen LogP contribution in [0.15, 0.2) is 65.8 Å². The quantitative estimate of drug-likeness (QED) is 0.293. The van der Waals surface area contributed by atoms with E-state index in [0.29, 0.717) is 33.4 Å². The molecule has 4 aromatic rings. The first kappa shape index (κ1) is 17.1. The van der Waals surface area contributed by atoms with Crippen LogP contribution in [-0.4, -0.2) is 24.7 Å². The van der Waals surface area contributed by atoms with Gasteiger partial charge in [-0.1, -0.05) is 42.1 Å². The lowest BCUT2D eigenvalue weighted by atomic mass is 10.1. The number of nitro benzene ring substituents is 1. The van der Waals surface area contributed by atoms with E-state index in [1.807, 2.05) is 0 Å². The van der Waals surface area contributed by atoms with Gasteiger partial charge in [-0.05, 0) is 23.8 Å². The first-order valence-corrected chi connectivity index (χ1v) is 8.94. The largest absolute Gasteiger partial charge is 0.270 e. The monoisotopic (exact) mass is 381 g/mol. The summed E-state index contributed by atoms with van der Waals surface area (Å²) >= 11 is 1.31. The zero-order chi connectivity index (χ0) is 18.8. The third-order valence-electron chi connectivity index (χ3n) is 3.90. The highest BCUT2D eigenvalue weighted by Crippen LogP contribution is 2.25. The minimum Gasteiger partial charge on any atom is -0.258 e. The molecule has 27 heavy (non-hydrogen) atoms. The maximum atomic E-state index is 13.8. The molecule has 0 spiro atoms. The Kier molecular flexibility index (Phi) is 4.51. The van der Waals surface area contributed by atoms with Crippen LogP contribution in [0.25, 0.3) is 16.9 Å². The predicted octanol–water partition coefficient (Wildman–Crippen LogP) is 4.13. The molecule has 7 nitrogen and oxygen atoms in total. The second kappa shape index (κ2) is 7.12. The van der Waals surface area contributed by atoms with Gasteiger partial charge in [-0.3, -0.25) is 10.1 Å². The number of rotatable bonds is 5. The molecule has 134 valence electrons. The average molecular weight is 381 g/mol. The number of benzene rings is 2. The maximum absolute atomic E-state index is 13.8. The van der Waals surface area contributed by atoms with Gasteiger partial charge in [0.15, 0.2) is 5.65 Å². The van der Waals surface area contributed by atoms with Gasteiger partial charge in [-0.15, -0.1) is 10.2 Å². The van der Waals surface area contributed by atoms with E-state index in [9.17, 15) is 14.5 Å². The Balaban J connectivity index is 1.66. The van der Waals surface area contributed by atoms with Crippen molar-refractivity contribution in [2.75, 3.05) is 0 Å². The molecule has 0 N–H and O–H groups in total. The molecule has 0 amide bonds. The van der Waals surface area contributed by atoms with Crippen molar-refractivity contribution in [3.8, 4) is 11.3 Å². The van der Waals surface area contributed by atoms with E-state index in [1.165, 1.54) is 30.0 Å². The van der Waals surface area contributed by atoms with Gasteiger partial charge >= 0.3 is 0 Å². The number of non-ortho nitro benzene ring substituents is 1. The Morgan fingerprint density at radius 1 is 1.07 bits per heavy atom. The van der Waals surface area contributed by atoms with Crippen molar-refractivity contribution in [3.05, 3.63) is 82.2 Å². The summed E-state index contributed by atoms with van der Waals surface area (Å²) in [5.74, 6) is 0.111. The van der Waals surface area contributed by atoms with E-state index in [1.54, 1.807) is 47.0 Å². The number of nitrogens with zero attached hydrogens (tertiary/aromatic N) is 5. The second-order valence-electron chi connectivity index (χ2n) is 5.66. The zero-order valence-electron chi connectivity index (χ0n) is 13.8. The van der Waals surface area contributed by atoms with E-state index < -0.39 is 4.92 Å². The molecule has 4 rings (SSSR count). The first-order valence-electron chi connectivity index (χ1n) is 7.95. The van der Waals surface area contributed by atoms with Crippen molar-refractivity contribution in [3.63, 3.8) is 0 Å². The van der Waals surface area contributed by atoms with Crippen molar-refractivity contribution in [2.45, 2.75) is 10.9 Å². The van der Waals surface area contributed by atoms with Crippen molar-refractivity contribution in [1.29, 1.82) is 0 Å². The Labute approximate surface area is 157 Å². The first-order chi connectivity index (χ1) is 13.1. The molecule has 0 unspecified atom stereocenters. The van der Waals surface area contributed by atoms with Crippen LogP contribution in [0.3, 0.4) is 0 Å². The van der Waals surface area contributed by atoms with Gasteiger partial charge in [0.2, 0.25) is 5.16 Å². The van der Waals surface area contributed by atoms with Crippen LogP contribution >= 0.6 is 11.8 Å². The third kappa shape index (κ3) is 3.49. The molecule has 0 aliphatic rings. The summed E-state index contributed by atoms with van der Waals surface area (Å²) in [5, 5.41) is 24.2. The van der Waals surface area contributed by atoms with Crippen LogP contribution in [0.1, 0.15) is 5.56 Å². The predicted molar refractivity (Wildman–Crippen MR) is 98.8 cm³/mol. The third-order valence-corrected chi connectivity index (χ3v) is 4.87. The molecular formula is C18H12FN5O2S. The van der Waals surface area contributed by atoms with Crippen molar-refractivity contribution < 1.29 is 9.31 Å². The lowest BCUT2D eigenvalue weighted by Gasteiger charge is -2.04. The summed E-state index contributed by atoms with van der Waals surface area (Å²) in [4.78, 5) is 10.5. The van der Waals surface area contributed by atoms with Crippen LogP contribution in [0, 0.1) is 15.9 Å². The van der Waals surface area contributed by atoms with Crippen LogP contribution in [-0.2, 0) is 5.75 Å². The standard InChI is InChI=1S/C18H12FN5O2S/c19-15-7-2-1-4-13(15)11-27-18-21-20-17-9-8-16(22-23(17)18)12-5-3-6-14(10-12)24(25)26/h1-10H,11H2. The lowest BCUT2D eigenvalue weighted by Crippen LogP contribution is -1.97. The molecule has 2 heterocycles. The smallest absolute Gasteiger partial charge is 0.258 e. The van der Waals surface area contributed by atoms with Gasteiger partial charge in [0.05, 0.1) is 10.6 Å². The zero-order valence-corrected chi connectivity index (χ0v) is 14.6. The topological polar surface area (TPSA) is 86.2 Å². The SMILES string of the molecule is O=[N+]([O-])c1cccc(-c2ccc3nnc(SCc4ccccc4F)n3n2)c1. The summed E-state index contributed by atoms with van der Waals surface area (Å²) in [5.41, 5.74) is 2.27. The lowest BCUT2D eigenvalue weighted by molar-refractivity contribution is -0.384. The van der Waals surface area contributed by atoms with Crippen LogP contribution in [0.4, 0.5) is 10.1 Å². The van der Waals surface area contributed by atoms with E-state index in [0.717, 1.165) is 0 Å². The number of fused-ring (bicyclic) bond motifs is 1. The molecule has 9 heteroatoms. The van der Waals surface area contributed by atoms with Gasteiger partial charge in [0.1, 0.15) is 5.82 Å². The Morgan fingerprint density at radius 3 is 2.74 bits per heavy atom. The normalized spacial score (nSPS) is 11.0. The number of hydrogen-bond acceptors (Lipinski definition) is 6.